The number of benzene rings is 2. The van der Waals surface area contributed by atoms with Crippen LogP contribution in [0.4, 0.5) is 0 Å². The van der Waals surface area contributed by atoms with Crippen LogP contribution in [0.5, 0.6) is 0 Å². The molecule has 0 saturated heterocycles. The third-order valence-electron chi connectivity index (χ3n) is 5.75. The highest BCUT2D eigenvalue weighted by atomic mass is 32.1. The van der Waals surface area contributed by atoms with Gasteiger partial charge in [0.05, 0.1) is 11.2 Å². The minimum absolute atomic E-state index is 0.127. The standard InChI is InChI=1S/C25H25N3O3S/c1-4-26(15-19-8-6-5-7-9-19)22(29)16-27-21-12-13-32-23(21)24(30)28(25(27)31)20-11-10-17(2)18(3)14-20/h5-14H,4,15-16H2,1-3H3. The van der Waals surface area contributed by atoms with Crippen molar-refractivity contribution >= 4 is 27.5 Å². The van der Waals surface area contributed by atoms with Gasteiger partial charge in [-0.1, -0.05) is 36.4 Å². The van der Waals surface area contributed by atoms with Crippen molar-refractivity contribution in [1.29, 1.82) is 0 Å². The third-order valence-corrected chi connectivity index (χ3v) is 6.64. The number of fused-ring (bicyclic) bond motifs is 1. The first-order valence-corrected chi connectivity index (χ1v) is 11.4. The number of likely N-dealkylation sites (N-methyl/N-ethyl adjacent to an activating group) is 1. The Hall–Kier alpha value is -3.45. The Kier molecular flexibility index (Phi) is 6.10. The molecule has 0 spiro atoms. The van der Waals surface area contributed by atoms with Crippen molar-refractivity contribution in [2.75, 3.05) is 6.54 Å². The summed E-state index contributed by atoms with van der Waals surface area (Å²) in [4.78, 5) is 41.5. The molecule has 0 fully saturated rings. The number of amides is 1. The van der Waals surface area contributed by atoms with E-state index in [1.807, 2.05) is 63.2 Å². The normalized spacial score (nSPS) is 11.1. The van der Waals surface area contributed by atoms with Crippen LogP contribution in [0, 0.1) is 13.8 Å². The molecule has 2 aromatic carbocycles. The van der Waals surface area contributed by atoms with Gasteiger partial charge in [-0.25, -0.2) is 9.36 Å². The van der Waals surface area contributed by atoms with Gasteiger partial charge in [-0.3, -0.25) is 14.2 Å². The molecule has 4 rings (SSSR count). The molecular formula is C25H25N3O3S. The molecule has 0 bridgehead atoms. The topological polar surface area (TPSA) is 64.3 Å². The van der Waals surface area contributed by atoms with Crippen LogP contribution in [0.1, 0.15) is 23.6 Å². The monoisotopic (exact) mass is 447 g/mol. The summed E-state index contributed by atoms with van der Waals surface area (Å²) in [6.07, 6.45) is 0. The first kappa shape index (κ1) is 21.8. The van der Waals surface area contributed by atoms with Crippen molar-refractivity contribution in [3.8, 4) is 5.69 Å². The number of nitrogens with zero attached hydrogens (tertiary/aromatic N) is 3. The van der Waals surface area contributed by atoms with E-state index >= 15 is 0 Å². The lowest BCUT2D eigenvalue weighted by atomic mass is 10.1. The maximum atomic E-state index is 13.5. The van der Waals surface area contributed by atoms with E-state index in [9.17, 15) is 14.4 Å². The van der Waals surface area contributed by atoms with Crippen LogP contribution >= 0.6 is 11.3 Å². The highest BCUT2D eigenvalue weighted by Crippen LogP contribution is 2.18. The molecule has 0 N–H and O–H groups in total. The summed E-state index contributed by atoms with van der Waals surface area (Å²) in [5.41, 5.74) is 3.23. The molecule has 4 aromatic rings. The fourth-order valence-electron chi connectivity index (χ4n) is 3.75. The number of carbonyl (C=O) groups is 1. The number of rotatable bonds is 6. The number of aryl methyl sites for hydroxylation is 2. The lowest BCUT2D eigenvalue weighted by Gasteiger charge is -2.22. The average molecular weight is 448 g/mol. The molecule has 2 heterocycles. The minimum atomic E-state index is -0.506. The van der Waals surface area contributed by atoms with Gasteiger partial charge in [0.2, 0.25) is 5.91 Å². The molecule has 0 radical (unpaired) electrons. The zero-order valence-electron chi connectivity index (χ0n) is 18.4. The first-order valence-electron chi connectivity index (χ1n) is 10.5. The summed E-state index contributed by atoms with van der Waals surface area (Å²) in [5.74, 6) is -0.170. The second kappa shape index (κ2) is 8.96. The Labute approximate surface area is 190 Å². The Morgan fingerprint density at radius 1 is 1.00 bits per heavy atom. The maximum absolute atomic E-state index is 13.5. The van der Waals surface area contributed by atoms with Gasteiger partial charge >= 0.3 is 5.69 Å². The average Bonchev–Trinajstić information content (AvgIpc) is 3.28. The van der Waals surface area contributed by atoms with Gasteiger partial charge in [0.1, 0.15) is 11.2 Å². The summed E-state index contributed by atoms with van der Waals surface area (Å²) < 4.78 is 3.05. The van der Waals surface area contributed by atoms with Gasteiger partial charge in [0.15, 0.2) is 0 Å². The second-order valence-electron chi connectivity index (χ2n) is 7.81. The molecule has 0 aliphatic rings. The quantitative estimate of drug-likeness (QED) is 0.451. The summed E-state index contributed by atoms with van der Waals surface area (Å²) in [7, 11) is 0. The van der Waals surface area contributed by atoms with Crippen LogP contribution in [0.3, 0.4) is 0 Å². The maximum Gasteiger partial charge on any atom is 0.336 e. The van der Waals surface area contributed by atoms with E-state index in [-0.39, 0.29) is 18.0 Å². The lowest BCUT2D eigenvalue weighted by molar-refractivity contribution is -0.132. The van der Waals surface area contributed by atoms with Crippen molar-refractivity contribution in [1.82, 2.24) is 14.0 Å². The zero-order chi connectivity index (χ0) is 22.8. The van der Waals surface area contributed by atoms with E-state index in [2.05, 4.69) is 0 Å². The van der Waals surface area contributed by atoms with E-state index < -0.39 is 5.69 Å². The van der Waals surface area contributed by atoms with E-state index in [1.165, 1.54) is 20.5 Å². The Balaban J connectivity index is 1.78. The Morgan fingerprint density at radius 2 is 1.75 bits per heavy atom. The molecule has 0 aliphatic carbocycles. The summed E-state index contributed by atoms with van der Waals surface area (Å²) in [6.45, 7) is 6.70. The number of thiophene rings is 1. The number of aromatic nitrogens is 2. The molecule has 0 unspecified atom stereocenters. The third kappa shape index (κ3) is 4.03. The van der Waals surface area contributed by atoms with Crippen molar-refractivity contribution in [2.45, 2.75) is 33.9 Å². The zero-order valence-corrected chi connectivity index (χ0v) is 19.2. The van der Waals surface area contributed by atoms with E-state index in [0.29, 0.717) is 29.0 Å². The van der Waals surface area contributed by atoms with Gasteiger partial charge in [-0.15, -0.1) is 11.3 Å². The molecule has 0 saturated carbocycles. The highest BCUT2D eigenvalue weighted by Gasteiger charge is 2.20. The second-order valence-corrected chi connectivity index (χ2v) is 8.72. The van der Waals surface area contributed by atoms with Gasteiger partial charge in [-0.2, -0.15) is 0 Å². The van der Waals surface area contributed by atoms with E-state index in [4.69, 9.17) is 0 Å². The fraction of sp³-hybridized carbons (Fsp3) is 0.240. The summed E-state index contributed by atoms with van der Waals surface area (Å²) in [6, 6.07) is 17.0. The first-order chi connectivity index (χ1) is 15.4. The molecule has 0 atom stereocenters. The fourth-order valence-corrected chi connectivity index (χ4v) is 4.57. The lowest BCUT2D eigenvalue weighted by Crippen LogP contribution is -2.42. The van der Waals surface area contributed by atoms with Gasteiger partial charge in [0.25, 0.3) is 5.56 Å². The minimum Gasteiger partial charge on any atom is -0.337 e. The molecular weight excluding hydrogens is 422 g/mol. The summed E-state index contributed by atoms with van der Waals surface area (Å²) in [5, 5.41) is 1.78. The SMILES string of the molecule is CCN(Cc1ccccc1)C(=O)Cn1c(=O)n(-c2ccc(C)c(C)c2)c(=O)c2sccc21. The number of hydrogen-bond donors (Lipinski definition) is 0. The van der Waals surface area contributed by atoms with Crippen LogP contribution in [0.15, 0.2) is 69.6 Å². The smallest absolute Gasteiger partial charge is 0.336 e. The molecule has 164 valence electrons. The highest BCUT2D eigenvalue weighted by molar-refractivity contribution is 7.17. The Bertz CT molecular complexity index is 1400. The van der Waals surface area contributed by atoms with Crippen LogP contribution in [-0.2, 0) is 17.9 Å². The van der Waals surface area contributed by atoms with E-state index in [0.717, 1.165) is 16.7 Å². The van der Waals surface area contributed by atoms with Crippen LogP contribution < -0.4 is 11.2 Å². The molecule has 7 heteroatoms. The van der Waals surface area contributed by atoms with Crippen molar-refractivity contribution in [3.63, 3.8) is 0 Å². The summed E-state index contributed by atoms with van der Waals surface area (Å²) >= 11 is 1.28. The van der Waals surface area contributed by atoms with Gasteiger partial charge < -0.3 is 4.90 Å². The predicted octanol–water partition coefficient (Wildman–Crippen LogP) is 3.88. The van der Waals surface area contributed by atoms with Crippen LogP contribution in [0.25, 0.3) is 15.9 Å². The van der Waals surface area contributed by atoms with Crippen LogP contribution in [-0.4, -0.2) is 26.5 Å². The number of hydrogen-bond acceptors (Lipinski definition) is 4. The Morgan fingerprint density at radius 3 is 2.44 bits per heavy atom. The predicted molar refractivity (Wildman–Crippen MR) is 129 cm³/mol. The largest absolute Gasteiger partial charge is 0.337 e. The molecule has 6 nitrogen and oxygen atoms in total. The van der Waals surface area contributed by atoms with Crippen LogP contribution in [0.2, 0.25) is 0 Å². The van der Waals surface area contributed by atoms with Crippen molar-refractivity contribution < 1.29 is 4.79 Å². The molecule has 2 aromatic heterocycles. The van der Waals surface area contributed by atoms with Gasteiger partial charge in [-0.05, 0) is 61.0 Å². The number of carbonyl (C=O) groups excluding carboxylic acids is 1. The van der Waals surface area contributed by atoms with Crippen molar-refractivity contribution in [3.05, 3.63) is 97.5 Å². The molecule has 1 amide bonds. The molecule has 0 aliphatic heterocycles. The van der Waals surface area contributed by atoms with Crippen molar-refractivity contribution in [2.24, 2.45) is 0 Å². The molecule has 32 heavy (non-hydrogen) atoms. The van der Waals surface area contributed by atoms with E-state index in [1.54, 1.807) is 22.4 Å². The van der Waals surface area contributed by atoms with Gasteiger partial charge in [0, 0.05) is 13.1 Å².